The fourth-order valence-electron chi connectivity index (χ4n) is 4.26. The van der Waals surface area contributed by atoms with Crippen LogP contribution in [0.2, 0.25) is 0 Å². The molecular formula is C20H35N7O. The first kappa shape index (κ1) is 20.5. The molecule has 2 heterocycles. The number of carbonyl (C=O) groups excluding carboxylic acids is 1. The lowest BCUT2D eigenvalue weighted by Gasteiger charge is -2.26. The maximum atomic E-state index is 12.7. The monoisotopic (exact) mass is 389 g/mol. The molecule has 0 bridgehead atoms. The molecule has 8 heteroatoms. The molecule has 1 atom stereocenters. The number of aliphatic imine (C=N–C) groups is 1. The van der Waals surface area contributed by atoms with Gasteiger partial charge in [-0.2, -0.15) is 0 Å². The van der Waals surface area contributed by atoms with Gasteiger partial charge in [0.25, 0.3) is 0 Å². The summed E-state index contributed by atoms with van der Waals surface area (Å²) in [6.07, 6.45) is 8.67. The Morgan fingerprint density at radius 3 is 2.68 bits per heavy atom. The SMILES string of the molecule is CN=C(NCc1cnc(N(C)C)n1C)NC1CCN(C(=O)C2CCCCC2)C1. The van der Waals surface area contributed by atoms with E-state index in [4.69, 9.17) is 0 Å². The first-order valence-corrected chi connectivity index (χ1v) is 10.4. The molecule has 2 N–H and O–H groups in total. The van der Waals surface area contributed by atoms with Gasteiger partial charge in [-0.3, -0.25) is 9.79 Å². The van der Waals surface area contributed by atoms with E-state index in [2.05, 4.69) is 25.2 Å². The van der Waals surface area contributed by atoms with Crippen LogP contribution in [0.3, 0.4) is 0 Å². The minimum absolute atomic E-state index is 0.251. The summed E-state index contributed by atoms with van der Waals surface area (Å²) in [7, 11) is 7.77. The third kappa shape index (κ3) is 4.77. The van der Waals surface area contributed by atoms with E-state index in [-0.39, 0.29) is 12.0 Å². The zero-order valence-electron chi connectivity index (χ0n) is 17.7. The molecule has 1 saturated carbocycles. The van der Waals surface area contributed by atoms with Gasteiger partial charge in [0.15, 0.2) is 5.96 Å². The number of guanidine groups is 1. The standard InChI is InChI=1S/C20H35N7O/c1-21-19(22-12-17-13-23-20(25(2)3)26(17)4)24-16-10-11-27(14-16)18(28)15-8-6-5-7-9-15/h13,15-16H,5-12,14H2,1-4H3,(H2,21,22,24). The van der Waals surface area contributed by atoms with Crippen molar-refractivity contribution in [3.8, 4) is 0 Å². The summed E-state index contributed by atoms with van der Waals surface area (Å²) in [5, 5.41) is 6.85. The molecule has 156 valence electrons. The Morgan fingerprint density at radius 1 is 1.29 bits per heavy atom. The first-order chi connectivity index (χ1) is 13.5. The van der Waals surface area contributed by atoms with Crippen LogP contribution >= 0.6 is 0 Å². The van der Waals surface area contributed by atoms with Crippen molar-refractivity contribution in [2.45, 2.75) is 51.1 Å². The number of nitrogens with zero attached hydrogens (tertiary/aromatic N) is 5. The number of likely N-dealkylation sites (tertiary alicyclic amines) is 1. The smallest absolute Gasteiger partial charge is 0.225 e. The van der Waals surface area contributed by atoms with Crippen LogP contribution in [0.25, 0.3) is 0 Å². The molecule has 8 nitrogen and oxygen atoms in total. The molecular weight excluding hydrogens is 354 g/mol. The molecule has 0 spiro atoms. The number of anilines is 1. The summed E-state index contributed by atoms with van der Waals surface area (Å²) in [5.74, 6) is 2.30. The molecule has 1 aliphatic heterocycles. The van der Waals surface area contributed by atoms with Gasteiger partial charge in [0.2, 0.25) is 11.9 Å². The second-order valence-electron chi connectivity index (χ2n) is 8.18. The van der Waals surface area contributed by atoms with Gasteiger partial charge in [0, 0.05) is 53.2 Å². The first-order valence-electron chi connectivity index (χ1n) is 10.4. The fraction of sp³-hybridized carbons (Fsp3) is 0.750. The summed E-state index contributed by atoms with van der Waals surface area (Å²) in [6, 6.07) is 0.252. The number of carbonyl (C=O) groups is 1. The molecule has 1 amide bonds. The highest BCUT2D eigenvalue weighted by atomic mass is 16.2. The number of hydrogen-bond donors (Lipinski definition) is 2. The molecule has 0 aromatic carbocycles. The Kier molecular flexibility index (Phi) is 6.80. The largest absolute Gasteiger partial charge is 0.352 e. The van der Waals surface area contributed by atoms with Gasteiger partial charge >= 0.3 is 0 Å². The van der Waals surface area contributed by atoms with Crippen LogP contribution in [0.1, 0.15) is 44.2 Å². The van der Waals surface area contributed by atoms with Crippen LogP contribution in [0, 0.1) is 5.92 Å². The van der Waals surface area contributed by atoms with Crippen molar-refractivity contribution in [2.75, 3.05) is 39.1 Å². The molecule has 1 unspecified atom stereocenters. The zero-order chi connectivity index (χ0) is 20.1. The number of amides is 1. The van der Waals surface area contributed by atoms with Crippen LogP contribution in [0.5, 0.6) is 0 Å². The molecule has 2 aliphatic rings. The Balaban J connectivity index is 1.48. The highest BCUT2D eigenvalue weighted by Gasteiger charge is 2.31. The van der Waals surface area contributed by atoms with Crippen LogP contribution in [0.4, 0.5) is 5.95 Å². The molecule has 0 radical (unpaired) electrons. The summed E-state index contributed by atoms with van der Waals surface area (Å²) in [4.78, 5) is 25.6. The summed E-state index contributed by atoms with van der Waals surface area (Å²) >= 11 is 0. The van der Waals surface area contributed by atoms with Gasteiger partial charge in [-0.05, 0) is 19.3 Å². The Hall–Kier alpha value is -2.25. The van der Waals surface area contributed by atoms with E-state index in [0.717, 1.165) is 50.0 Å². The number of rotatable bonds is 5. The van der Waals surface area contributed by atoms with Gasteiger partial charge in [-0.1, -0.05) is 19.3 Å². The highest BCUT2D eigenvalue weighted by molar-refractivity contribution is 5.81. The van der Waals surface area contributed by atoms with E-state index >= 15 is 0 Å². The van der Waals surface area contributed by atoms with Crippen LogP contribution in [-0.4, -0.2) is 66.6 Å². The van der Waals surface area contributed by atoms with Gasteiger partial charge in [-0.15, -0.1) is 0 Å². The normalized spacial score (nSPS) is 21.1. The maximum Gasteiger partial charge on any atom is 0.225 e. The van der Waals surface area contributed by atoms with Gasteiger partial charge in [-0.25, -0.2) is 4.98 Å². The van der Waals surface area contributed by atoms with E-state index in [1.54, 1.807) is 7.05 Å². The van der Waals surface area contributed by atoms with Crippen molar-refractivity contribution in [2.24, 2.45) is 18.0 Å². The van der Waals surface area contributed by atoms with E-state index in [0.29, 0.717) is 12.5 Å². The lowest BCUT2D eigenvalue weighted by Crippen LogP contribution is -2.45. The number of aromatic nitrogens is 2. The molecule has 3 rings (SSSR count). The van der Waals surface area contributed by atoms with E-state index < -0.39 is 0 Å². The molecule has 1 aromatic heterocycles. The highest BCUT2D eigenvalue weighted by Crippen LogP contribution is 2.26. The zero-order valence-corrected chi connectivity index (χ0v) is 17.7. The number of hydrogen-bond acceptors (Lipinski definition) is 4. The van der Waals surface area contributed by atoms with Gasteiger partial charge < -0.3 is 25.0 Å². The number of nitrogens with one attached hydrogen (secondary N) is 2. The van der Waals surface area contributed by atoms with E-state index in [1.807, 2.05) is 37.1 Å². The van der Waals surface area contributed by atoms with Crippen molar-refractivity contribution in [3.63, 3.8) is 0 Å². The topological polar surface area (TPSA) is 77.8 Å². The third-order valence-electron chi connectivity index (χ3n) is 5.92. The maximum absolute atomic E-state index is 12.7. The van der Waals surface area contributed by atoms with Crippen molar-refractivity contribution in [1.29, 1.82) is 0 Å². The summed E-state index contributed by atoms with van der Waals surface area (Å²) in [6.45, 7) is 2.26. The minimum atomic E-state index is 0.251. The van der Waals surface area contributed by atoms with Gasteiger partial charge in [0.05, 0.1) is 18.4 Å². The molecule has 1 aliphatic carbocycles. The van der Waals surface area contributed by atoms with Crippen LogP contribution in [-0.2, 0) is 18.4 Å². The van der Waals surface area contributed by atoms with E-state index in [9.17, 15) is 4.79 Å². The van der Waals surface area contributed by atoms with E-state index in [1.165, 1.54) is 19.3 Å². The van der Waals surface area contributed by atoms with Crippen LogP contribution < -0.4 is 15.5 Å². The van der Waals surface area contributed by atoms with Crippen molar-refractivity contribution < 1.29 is 4.79 Å². The van der Waals surface area contributed by atoms with Crippen molar-refractivity contribution in [3.05, 3.63) is 11.9 Å². The lowest BCUT2D eigenvalue weighted by molar-refractivity contribution is -0.135. The molecule has 1 saturated heterocycles. The van der Waals surface area contributed by atoms with Crippen molar-refractivity contribution in [1.82, 2.24) is 25.1 Å². The second-order valence-corrected chi connectivity index (χ2v) is 8.18. The third-order valence-corrected chi connectivity index (χ3v) is 5.92. The average Bonchev–Trinajstić information content (AvgIpc) is 3.32. The fourth-order valence-corrected chi connectivity index (χ4v) is 4.26. The number of imidazole rings is 1. The molecule has 28 heavy (non-hydrogen) atoms. The lowest BCUT2D eigenvalue weighted by atomic mass is 9.88. The summed E-state index contributed by atoms with van der Waals surface area (Å²) in [5.41, 5.74) is 1.09. The quantitative estimate of drug-likeness (QED) is 0.587. The second kappa shape index (κ2) is 9.30. The Bertz CT molecular complexity index is 691. The summed E-state index contributed by atoms with van der Waals surface area (Å²) < 4.78 is 2.07. The average molecular weight is 390 g/mol. The van der Waals surface area contributed by atoms with Crippen molar-refractivity contribution >= 4 is 17.8 Å². The minimum Gasteiger partial charge on any atom is -0.352 e. The van der Waals surface area contributed by atoms with Gasteiger partial charge in [0.1, 0.15) is 0 Å². The van der Waals surface area contributed by atoms with Crippen LogP contribution in [0.15, 0.2) is 11.2 Å². The predicted octanol–water partition coefficient (Wildman–Crippen LogP) is 1.33. The molecule has 1 aromatic rings. The Morgan fingerprint density at radius 2 is 2.04 bits per heavy atom. The predicted molar refractivity (Wildman–Crippen MR) is 112 cm³/mol. The Labute approximate surface area is 168 Å². The molecule has 2 fully saturated rings.